The number of hydrogen-bond donors (Lipinski definition) is 2. The van der Waals surface area contributed by atoms with Gasteiger partial charge in [-0.2, -0.15) is 28.8 Å². The fraction of sp³-hybridized carbons (Fsp3) is 0.419. The number of halogens is 3. The molecule has 0 bridgehead atoms. The van der Waals surface area contributed by atoms with Gasteiger partial charge in [0.15, 0.2) is 22.8 Å². The van der Waals surface area contributed by atoms with Crippen molar-refractivity contribution >= 4 is 116 Å². The number of nitrogens with zero attached hydrogens (tertiary/aromatic N) is 13. The number of anilines is 3. The van der Waals surface area contributed by atoms with Gasteiger partial charge in [0, 0.05) is 116 Å². The number of pyridine rings is 3. The molecule has 3 aromatic carbocycles. The topological polar surface area (TPSA) is 282 Å². The third-order valence-electron chi connectivity index (χ3n) is 23.8. The van der Waals surface area contributed by atoms with Crippen molar-refractivity contribution < 1.29 is 38.1 Å². The van der Waals surface area contributed by atoms with Crippen molar-refractivity contribution in [2.45, 2.75) is 188 Å². The summed E-state index contributed by atoms with van der Waals surface area (Å²) in [4.78, 5) is 69.5. The van der Waals surface area contributed by atoms with Gasteiger partial charge in [-0.1, -0.05) is 148 Å². The molecule has 4 N–H and O–H groups in total. The van der Waals surface area contributed by atoms with Gasteiger partial charge in [0.25, 0.3) is 0 Å². The maximum absolute atomic E-state index is 12.9. The Kier molecular flexibility index (Phi) is 28.8. The van der Waals surface area contributed by atoms with Gasteiger partial charge in [-0.25, -0.2) is 15.0 Å². The highest BCUT2D eigenvalue weighted by Crippen LogP contribution is 2.50. The Morgan fingerprint density at radius 3 is 0.983 bits per heavy atom. The van der Waals surface area contributed by atoms with Crippen molar-refractivity contribution in [3.8, 4) is 67.2 Å². The minimum absolute atomic E-state index is 0.103. The molecule has 0 aliphatic heterocycles. The number of ether oxygens (including phenoxy) is 5. The molecule has 9 aromatic heterocycles. The van der Waals surface area contributed by atoms with E-state index in [1.54, 1.807) is 21.4 Å². The molecule has 3 fully saturated rings. The van der Waals surface area contributed by atoms with Crippen LogP contribution in [0, 0.1) is 16.2 Å². The number of carbonyl (C=O) groups excluding carboxylic acids is 3. The first-order chi connectivity index (χ1) is 58.0. The smallest absolute Gasteiger partial charge is 0.311 e. The number of nitrogen functional groups attached to an aromatic ring is 2. The highest BCUT2D eigenvalue weighted by molar-refractivity contribution is 9.11. The van der Waals surface area contributed by atoms with E-state index in [1.165, 1.54) is 0 Å². The van der Waals surface area contributed by atoms with Crippen LogP contribution in [0.5, 0.6) is 0 Å². The Morgan fingerprint density at radius 1 is 0.413 bits per heavy atom. The highest BCUT2D eigenvalue weighted by atomic mass is 79.9. The van der Waals surface area contributed by atoms with Crippen molar-refractivity contribution in [1.29, 1.82) is 0 Å². The van der Waals surface area contributed by atoms with Crippen LogP contribution in [0.3, 0.4) is 0 Å². The maximum Gasteiger partial charge on any atom is 0.311 e. The van der Waals surface area contributed by atoms with Crippen LogP contribution in [0.1, 0.15) is 153 Å². The minimum Gasteiger partial charge on any atom is -0.466 e. The molecule has 3 saturated carbocycles. The van der Waals surface area contributed by atoms with Gasteiger partial charge in [-0.15, -0.1) is 0 Å². The van der Waals surface area contributed by atoms with Crippen molar-refractivity contribution in [2.24, 2.45) is 16.2 Å². The highest BCUT2D eigenvalue weighted by Gasteiger charge is 2.44. The first-order valence-corrected chi connectivity index (χ1v) is 52.0. The minimum atomic E-state index is -1.28. The van der Waals surface area contributed by atoms with E-state index >= 15 is 0 Å². The quantitative estimate of drug-likeness (QED) is 0.0167. The van der Waals surface area contributed by atoms with Gasteiger partial charge in [-0.3, -0.25) is 29.3 Å². The molecule has 121 heavy (non-hydrogen) atoms. The zero-order valence-electron chi connectivity index (χ0n) is 71.5. The molecular weight excluding hydrogens is 1750 g/mol. The van der Waals surface area contributed by atoms with E-state index in [0.29, 0.717) is 69.4 Å². The van der Waals surface area contributed by atoms with Crippen LogP contribution in [0.15, 0.2) is 178 Å². The molecule has 3 aliphatic carbocycles. The van der Waals surface area contributed by atoms with E-state index in [9.17, 15) is 14.4 Å². The van der Waals surface area contributed by atoms with Crippen LogP contribution in [-0.2, 0) is 38.1 Å². The molecular formula is C93H112Br3N15O8Si2. The molecule has 0 amide bonds. The molecule has 0 atom stereocenters. The van der Waals surface area contributed by atoms with Gasteiger partial charge in [-0.05, 0) is 197 Å². The normalized spacial score (nSPS) is 19.3. The van der Waals surface area contributed by atoms with Gasteiger partial charge in [0.1, 0.15) is 25.1 Å². The number of aromatic nitrogens is 12. The SMILES string of the molecule is CCOC(=O)C1(C)CCC(c2nc3c(-c4ccc(-c5ccccc5)nc4)cnn3c(N(COCC[Si](C)(C)C)COCC[Si](C)(C)C)c2Br)CC1.CCOC(=O)C1(C)CCC(c2nc3c(-c4ccc(-c5ccccc5)nc4)cnn3c(N)c2Br)CC1.CCOC(=O)C1(C)CCC(c2nc3c(-c4ccc(-c5ccccc5)nc4)cnn3c(N)c2Br)CC1. The van der Waals surface area contributed by atoms with Crippen LogP contribution < -0.4 is 16.4 Å². The molecule has 28 heteroatoms. The summed E-state index contributed by atoms with van der Waals surface area (Å²) in [6, 6.07) is 44.8. The van der Waals surface area contributed by atoms with E-state index in [0.717, 1.165) is 198 Å². The average molecular weight is 1860 g/mol. The van der Waals surface area contributed by atoms with Crippen LogP contribution in [0.2, 0.25) is 51.4 Å². The Bertz CT molecular complexity index is 5320. The molecule has 0 spiro atoms. The lowest BCUT2D eigenvalue weighted by atomic mass is 9.71. The van der Waals surface area contributed by atoms with Crippen molar-refractivity contribution in [3.63, 3.8) is 0 Å². The number of benzene rings is 3. The zero-order chi connectivity index (χ0) is 86.0. The first-order valence-electron chi connectivity index (χ1n) is 42.2. The predicted molar refractivity (Wildman–Crippen MR) is 495 cm³/mol. The summed E-state index contributed by atoms with van der Waals surface area (Å²) in [5.74, 6) is 2.11. The lowest BCUT2D eigenvalue weighted by Crippen LogP contribution is -2.35. The second kappa shape index (κ2) is 39.0. The van der Waals surface area contributed by atoms with E-state index < -0.39 is 32.4 Å². The molecule has 0 saturated heterocycles. The summed E-state index contributed by atoms with van der Waals surface area (Å²) in [7, 11) is -2.56. The first kappa shape index (κ1) is 89.3. The molecule has 0 unspecified atom stereocenters. The third kappa shape index (κ3) is 20.8. The van der Waals surface area contributed by atoms with Crippen molar-refractivity contribution in [2.75, 3.05) is 62.9 Å². The number of fused-ring (bicyclic) bond motifs is 3. The molecule has 12 aromatic rings. The summed E-state index contributed by atoms with van der Waals surface area (Å²) in [5, 5.41) is 13.9. The van der Waals surface area contributed by atoms with E-state index in [1.807, 2.05) is 174 Å². The second-order valence-corrected chi connectivity index (χ2v) is 48.8. The van der Waals surface area contributed by atoms with Crippen LogP contribution in [-0.4, -0.2) is 139 Å². The second-order valence-electron chi connectivity index (χ2n) is 35.2. The number of nitrogens with two attached hydrogens (primary N) is 2. The molecule has 23 nitrogen and oxygen atoms in total. The Labute approximate surface area is 736 Å². The van der Waals surface area contributed by atoms with Crippen molar-refractivity contribution in [1.82, 2.24) is 58.7 Å². The fourth-order valence-electron chi connectivity index (χ4n) is 16.1. The zero-order valence-corrected chi connectivity index (χ0v) is 78.3. The maximum atomic E-state index is 12.9. The van der Waals surface area contributed by atoms with Gasteiger partial charge < -0.3 is 40.1 Å². The number of hydrogen-bond acceptors (Lipinski definition) is 20. The summed E-state index contributed by atoms with van der Waals surface area (Å²) in [5.41, 5.74) is 28.0. The molecule has 3 aliphatic rings. The van der Waals surface area contributed by atoms with Crippen LogP contribution >= 0.6 is 47.8 Å². The molecule has 9 heterocycles. The van der Waals surface area contributed by atoms with E-state index in [4.69, 9.17) is 60.2 Å². The summed E-state index contributed by atoms with van der Waals surface area (Å²) >= 11 is 11.4. The lowest BCUT2D eigenvalue weighted by Gasteiger charge is -2.36. The monoisotopic (exact) mass is 1860 g/mol. The fourth-order valence-corrected chi connectivity index (χ4v) is 19.6. The van der Waals surface area contributed by atoms with Gasteiger partial charge >= 0.3 is 17.9 Å². The number of rotatable bonds is 26. The number of esters is 3. The molecule has 15 rings (SSSR count). The predicted octanol–water partition coefficient (Wildman–Crippen LogP) is 21.9. The molecule has 636 valence electrons. The van der Waals surface area contributed by atoms with Crippen LogP contribution in [0.25, 0.3) is 84.1 Å². The van der Waals surface area contributed by atoms with Crippen molar-refractivity contribution in [3.05, 3.63) is 195 Å². The standard InChI is InChI=1S/C39H56BrN5O4Si2.2C27H28BrN5O2/c1-9-49-38(46)39(2)19-17-30(18-20-39)35-34(40)37(44(27-47-21-23-50(3,4)5)28-48-22-24-51(6,7)8)45-36(43-35)32(26-42-45)31-15-16-33(41-25-31)29-13-11-10-12-14-29;2*1-3-35-26(34)27(2)13-11-18(12-14-27)23-22(28)24(29)33-25(32-23)20(16-31-33)19-9-10-21(30-15-19)17-7-5-4-6-8-17/h10-16,25-26,30H,9,17-24,27-28H2,1-8H3;2*4-10,15-16,18H,3,11-14,29H2,1-2H3. The van der Waals surface area contributed by atoms with Gasteiger partial charge in [0.05, 0.1) is 102 Å². The average Bonchev–Trinajstić information content (AvgIpc) is 1.66. The largest absolute Gasteiger partial charge is 0.466 e. The van der Waals surface area contributed by atoms with E-state index in [2.05, 4.69) is 136 Å². The lowest BCUT2D eigenvalue weighted by molar-refractivity contribution is -0.157. The number of carbonyl (C=O) groups is 3. The summed E-state index contributed by atoms with van der Waals surface area (Å²) in [6.45, 7) is 29.1. The third-order valence-corrected chi connectivity index (χ3v) is 29.6. The Balaban J connectivity index is 0.000000161. The van der Waals surface area contributed by atoms with Crippen LogP contribution in [0.4, 0.5) is 17.5 Å². The van der Waals surface area contributed by atoms with Gasteiger partial charge in [0.2, 0.25) is 0 Å². The molecule has 0 radical (unpaired) electrons. The Hall–Kier alpha value is -9.43. The van der Waals surface area contributed by atoms with E-state index in [-0.39, 0.29) is 35.7 Å². The summed E-state index contributed by atoms with van der Waals surface area (Å²) < 4.78 is 36.5. The summed E-state index contributed by atoms with van der Waals surface area (Å²) in [6.07, 6.45) is 20.6. The Morgan fingerprint density at radius 2 is 0.702 bits per heavy atom.